The maximum atomic E-state index is 12.1. The van der Waals surface area contributed by atoms with Crippen molar-refractivity contribution in [3.8, 4) is 0 Å². The highest BCUT2D eigenvalue weighted by Crippen LogP contribution is 2.40. The lowest BCUT2D eigenvalue weighted by atomic mass is 9.77. The van der Waals surface area contributed by atoms with Gasteiger partial charge in [0.15, 0.2) is 0 Å². The van der Waals surface area contributed by atoms with Crippen LogP contribution in [0.1, 0.15) is 30.4 Å². The van der Waals surface area contributed by atoms with Crippen LogP contribution >= 0.6 is 0 Å². The lowest BCUT2D eigenvalue weighted by molar-refractivity contribution is -0.121. The standard InChI is InChI=1S/C14H18N2O/c1-2-9-4-3-5-10-12-8-15-7-6-11(12)14(17)16-13(9)10/h3-5,11-12,15H,2,6-8H2,1H3,(H,16,17). The number of hydrogen-bond donors (Lipinski definition) is 2. The van der Waals surface area contributed by atoms with Crippen molar-refractivity contribution in [3.05, 3.63) is 29.3 Å². The van der Waals surface area contributed by atoms with Gasteiger partial charge < -0.3 is 10.6 Å². The molecule has 0 radical (unpaired) electrons. The minimum Gasteiger partial charge on any atom is -0.325 e. The van der Waals surface area contributed by atoms with Crippen molar-refractivity contribution in [1.82, 2.24) is 5.32 Å². The zero-order valence-corrected chi connectivity index (χ0v) is 10.1. The number of benzene rings is 1. The van der Waals surface area contributed by atoms with E-state index in [2.05, 4.69) is 35.8 Å². The zero-order chi connectivity index (χ0) is 11.8. The summed E-state index contributed by atoms with van der Waals surface area (Å²) in [6.45, 7) is 4.02. The molecule has 2 atom stereocenters. The van der Waals surface area contributed by atoms with E-state index in [0.29, 0.717) is 5.92 Å². The fraction of sp³-hybridized carbons (Fsp3) is 0.500. The highest BCUT2D eigenvalue weighted by Gasteiger charge is 2.37. The number of amides is 1. The first-order valence-electron chi connectivity index (χ1n) is 6.44. The van der Waals surface area contributed by atoms with Gasteiger partial charge in [0.1, 0.15) is 0 Å². The van der Waals surface area contributed by atoms with Crippen LogP contribution in [-0.2, 0) is 11.2 Å². The van der Waals surface area contributed by atoms with Gasteiger partial charge in [0.05, 0.1) is 0 Å². The van der Waals surface area contributed by atoms with Crippen LogP contribution in [0, 0.1) is 5.92 Å². The quantitative estimate of drug-likeness (QED) is 0.773. The Morgan fingerprint density at radius 2 is 2.24 bits per heavy atom. The SMILES string of the molecule is CCc1cccc2c1NC(=O)C1CCNCC21. The molecule has 2 aliphatic rings. The van der Waals surface area contributed by atoms with Crippen molar-refractivity contribution in [2.24, 2.45) is 5.92 Å². The van der Waals surface area contributed by atoms with Gasteiger partial charge in [0.2, 0.25) is 5.91 Å². The summed E-state index contributed by atoms with van der Waals surface area (Å²) in [5, 5.41) is 6.51. The van der Waals surface area contributed by atoms with E-state index in [1.807, 2.05) is 0 Å². The van der Waals surface area contributed by atoms with E-state index in [4.69, 9.17) is 0 Å². The third kappa shape index (κ3) is 1.65. The van der Waals surface area contributed by atoms with Crippen molar-refractivity contribution in [1.29, 1.82) is 0 Å². The van der Waals surface area contributed by atoms with Gasteiger partial charge in [-0.1, -0.05) is 25.1 Å². The van der Waals surface area contributed by atoms with Crippen molar-refractivity contribution < 1.29 is 4.79 Å². The lowest BCUT2D eigenvalue weighted by Crippen LogP contribution is -2.44. The molecule has 0 aromatic heterocycles. The van der Waals surface area contributed by atoms with Crippen molar-refractivity contribution in [2.75, 3.05) is 18.4 Å². The van der Waals surface area contributed by atoms with Gasteiger partial charge in [-0.25, -0.2) is 0 Å². The first-order chi connectivity index (χ1) is 8.31. The molecule has 2 unspecified atom stereocenters. The van der Waals surface area contributed by atoms with Gasteiger partial charge in [0.25, 0.3) is 0 Å². The smallest absolute Gasteiger partial charge is 0.228 e. The van der Waals surface area contributed by atoms with Gasteiger partial charge >= 0.3 is 0 Å². The Bertz CT molecular complexity index is 456. The summed E-state index contributed by atoms with van der Waals surface area (Å²) >= 11 is 0. The van der Waals surface area contributed by atoms with Gasteiger partial charge in [-0.05, 0) is 30.5 Å². The minimum absolute atomic E-state index is 0.163. The summed E-state index contributed by atoms with van der Waals surface area (Å²) in [6, 6.07) is 6.38. The molecule has 1 aromatic carbocycles. The molecular formula is C14H18N2O. The Balaban J connectivity index is 2.08. The molecule has 0 bridgehead atoms. The maximum absolute atomic E-state index is 12.1. The Hall–Kier alpha value is -1.35. The normalized spacial score (nSPS) is 27.0. The Labute approximate surface area is 102 Å². The van der Waals surface area contributed by atoms with Gasteiger partial charge in [-0.3, -0.25) is 4.79 Å². The second-order valence-electron chi connectivity index (χ2n) is 4.93. The van der Waals surface area contributed by atoms with Crippen molar-refractivity contribution in [2.45, 2.75) is 25.7 Å². The summed E-state index contributed by atoms with van der Waals surface area (Å²) < 4.78 is 0. The summed E-state index contributed by atoms with van der Waals surface area (Å²) in [6.07, 6.45) is 1.92. The number of anilines is 1. The monoisotopic (exact) mass is 230 g/mol. The number of nitrogens with one attached hydrogen (secondary N) is 2. The van der Waals surface area contributed by atoms with E-state index in [-0.39, 0.29) is 11.8 Å². The number of piperidine rings is 1. The second-order valence-corrected chi connectivity index (χ2v) is 4.93. The van der Waals surface area contributed by atoms with Crippen LogP contribution in [0.25, 0.3) is 0 Å². The van der Waals surface area contributed by atoms with Crippen LogP contribution in [0.15, 0.2) is 18.2 Å². The molecule has 0 spiro atoms. The predicted molar refractivity (Wildman–Crippen MR) is 68.2 cm³/mol. The summed E-state index contributed by atoms with van der Waals surface area (Å²) in [4.78, 5) is 12.1. The van der Waals surface area contributed by atoms with Crippen LogP contribution < -0.4 is 10.6 Å². The van der Waals surface area contributed by atoms with Crippen LogP contribution in [0.2, 0.25) is 0 Å². The Kier molecular flexibility index (Phi) is 2.63. The topological polar surface area (TPSA) is 41.1 Å². The molecule has 3 heteroatoms. The first kappa shape index (κ1) is 10.8. The largest absolute Gasteiger partial charge is 0.325 e. The fourth-order valence-electron chi connectivity index (χ4n) is 3.09. The van der Waals surface area contributed by atoms with E-state index < -0.39 is 0 Å². The third-order valence-corrected chi connectivity index (χ3v) is 4.03. The molecule has 1 aromatic rings. The zero-order valence-electron chi connectivity index (χ0n) is 10.1. The summed E-state index contributed by atoms with van der Waals surface area (Å²) in [5.74, 6) is 0.736. The number of rotatable bonds is 1. The van der Waals surface area contributed by atoms with Crippen LogP contribution in [0.5, 0.6) is 0 Å². The number of carbonyl (C=O) groups is 1. The van der Waals surface area contributed by atoms with Crippen molar-refractivity contribution in [3.63, 3.8) is 0 Å². The second kappa shape index (κ2) is 4.15. The maximum Gasteiger partial charge on any atom is 0.228 e. The Morgan fingerprint density at radius 3 is 3.06 bits per heavy atom. The fourth-order valence-corrected chi connectivity index (χ4v) is 3.09. The van der Waals surface area contributed by atoms with Crippen LogP contribution in [0.4, 0.5) is 5.69 Å². The summed E-state index contributed by atoms with van der Waals surface area (Å²) in [7, 11) is 0. The number of fused-ring (bicyclic) bond motifs is 3. The summed E-state index contributed by atoms with van der Waals surface area (Å²) in [5.41, 5.74) is 3.64. The average Bonchev–Trinajstić information content (AvgIpc) is 2.39. The first-order valence-corrected chi connectivity index (χ1v) is 6.44. The molecular weight excluding hydrogens is 212 g/mol. The minimum atomic E-state index is 0.163. The highest BCUT2D eigenvalue weighted by molar-refractivity contribution is 5.97. The molecule has 1 amide bonds. The van der Waals surface area contributed by atoms with E-state index >= 15 is 0 Å². The van der Waals surface area contributed by atoms with Gasteiger partial charge in [0, 0.05) is 24.1 Å². The average molecular weight is 230 g/mol. The molecule has 1 saturated heterocycles. The highest BCUT2D eigenvalue weighted by atomic mass is 16.2. The lowest BCUT2D eigenvalue weighted by Gasteiger charge is -2.37. The molecule has 2 N–H and O–H groups in total. The van der Waals surface area contributed by atoms with E-state index in [0.717, 1.165) is 31.6 Å². The van der Waals surface area contributed by atoms with Crippen LogP contribution in [-0.4, -0.2) is 19.0 Å². The molecule has 2 aliphatic heterocycles. The van der Waals surface area contributed by atoms with Gasteiger partial charge in [-0.15, -0.1) is 0 Å². The molecule has 3 nitrogen and oxygen atoms in total. The van der Waals surface area contributed by atoms with Crippen molar-refractivity contribution >= 4 is 11.6 Å². The molecule has 1 fully saturated rings. The molecule has 0 aliphatic carbocycles. The predicted octanol–water partition coefficient (Wildman–Crippen LogP) is 1.89. The molecule has 2 heterocycles. The molecule has 90 valence electrons. The molecule has 0 saturated carbocycles. The number of aryl methyl sites for hydroxylation is 1. The van der Waals surface area contributed by atoms with Crippen LogP contribution in [0.3, 0.4) is 0 Å². The molecule has 17 heavy (non-hydrogen) atoms. The molecule has 3 rings (SSSR count). The number of para-hydroxylation sites is 1. The number of carbonyl (C=O) groups excluding carboxylic acids is 1. The van der Waals surface area contributed by atoms with E-state index in [1.54, 1.807) is 0 Å². The van der Waals surface area contributed by atoms with E-state index in [9.17, 15) is 4.79 Å². The Morgan fingerprint density at radius 1 is 1.35 bits per heavy atom. The third-order valence-electron chi connectivity index (χ3n) is 4.03. The van der Waals surface area contributed by atoms with E-state index in [1.165, 1.54) is 11.1 Å². The van der Waals surface area contributed by atoms with Gasteiger partial charge in [-0.2, -0.15) is 0 Å². The number of hydrogen-bond acceptors (Lipinski definition) is 2.